The van der Waals surface area contributed by atoms with Crippen LogP contribution in [0.5, 0.6) is 5.75 Å². The highest BCUT2D eigenvalue weighted by Gasteiger charge is 2.29. The molecule has 2 aromatic rings. The fourth-order valence-corrected chi connectivity index (χ4v) is 3.30. The molecular formula is C24H30N2O6. The van der Waals surface area contributed by atoms with Crippen LogP contribution in [0.2, 0.25) is 0 Å². The summed E-state index contributed by atoms with van der Waals surface area (Å²) in [6, 6.07) is 17.2. The Kier molecular flexibility index (Phi) is 10.9. The number of aliphatic carboxylic acids is 1. The number of ether oxygens (including phenoxy) is 1. The van der Waals surface area contributed by atoms with E-state index >= 15 is 0 Å². The molecule has 2 atom stereocenters. The number of carboxylic acids is 1. The molecule has 1 amide bonds. The first kappa shape index (κ1) is 25.0. The minimum absolute atomic E-state index is 0.109. The Balaban J connectivity index is 1.86. The van der Waals surface area contributed by atoms with Crippen LogP contribution in [0, 0.1) is 5.92 Å². The molecule has 32 heavy (non-hydrogen) atoms. The van der Waals surface area contributed by atoms with E-state index < -0.39 is 29.6 Å². The Morgan fingerprint density at radius 2 is 1.56 bits per heavy atom. The van der Waals surface area contributed by atoms with Gasteiger partial charge in [0.25, 0.3) is 0 Å². The summed E-state index contributed by atoms with van der Waals surface area (Å²) in [5.41, 5.74) is 2.54. The summed E-state index contributed by atoms with van der Waals surface area (Å²) in [5.74, 6) is -2.57. The Morgan fingerprint density at radius 1 is 0.906 bits per heavy atom. The maximum absolute atomic E-state index is 12.7. The highest BCUT2D eigenvalue weighted by molar-refractivity contribution is 6.03. The van der Waals surface area contributed by atoms with E-state index in [4.69, 9.17) is 9.94 Å². The number of hydrogen-bond acceptors (Lipinski definition) is 6. The Labute approximate surface area is 187 Å². The Morgan fingerprint density at radius 3 is 2.19 bits per heavy atom. The zero-order valence-corrected chi connectivity index (χ0v) is 17.9. The van der Waals surface area contributed by atoms with Gasteiger partial charge in [-0.05, 0) is 30.5 Å². The average molecular weight is 443 g/mol. The Bertz CT molecular complexity index is 844. The molecule has 8 heteroatoms. The summed E-state index contributed by atoms with van der Waals surface area (Å²) in [7, 11) is 0. The van der Waals surface area contributed by atoms with E-state index in [0.717, 1.165) is 24.2 Å². The first-order chi connectivity index (χ1) is 15.5. The molecule has 0 fully saturated rings. The second kappa shape index (κ2) is 14.0. The third-order valence-electron chi connectivity index (χ3n) is 5.00. The molecule has 2 aromatic carbocycles. The lowest BCUT2D eigenvalue weighted by Crippen LogP contribution is -2.47. The zero-order chi connectivity index (χ0) is 23.2. The predicted octanol–water partition coefficient (Wildman–Crippen LogP) is 2.60. The van der Waals surface area contributed by atoms with Gasteiger partial charge in [0.1, 0.15) is 11.8 Å². The van der Waals surface area contributed by atoms with E-state index in [2.05, 4.69) is 5.32 Å². The van der Waals surface area contributed by atoms with Gasteiger partial charge in [0, 0.05) is 6.42 Å². The minimum Gasteiger partial charge on any atom is -0.494 e. The summed E-state index contributed by atoms with van der Waals surface area (Å²) in [6.45, 7) is 0.136. The summed E-state index contributed by atoms with van der Waals surface area (Å²) >= 11 is 0. The molecule has 0 aliphatic heterocycles. The third-order valence-corrected chi connectivity index (χ3v) is 5.00. The van der Waals surface area contributed by atoms with E-state index in [1.807, 2.05) is 36.4 Å². The SMILES string of the molecule is O=C(O)C(Cc1ccccc1)NC(=O)[C@H](CCCCCOc1ccccc1)C(=O)CNO. The van der Waals surface area contributed by atoms with Crippen LogP contribution in [0.25, 0.3) is 0 Å². The summed E-state index contributed by atoms with van der Waals surface area (Å²) in [4.78, 5) is 36.7. The number of hydroxylamine groups is 1. The van der Waals surface area contributed by atoms with E-state index in [1.165, 1.54) is 0 Å². The standard InChI is InChI=1S/C24H30N2O6/c27-22(17-25-31)20(14-8-3-9-15-32-19-12-6-2-7-13-19)23(28)26-21(24(29)30)16-18-10-4-1-5-11-18/h1-2,4-7,10-13,20-21,25,31H,3,8-9,14-17H2,(H,26,28)(H,29,30)/t20-,21?/m1/s1. The van der Waals surface area contributed by atoms with Crippen molar-refractivity contribution in [3.63, 3.8) is 0 Å². The van der Waals surface area contributed by atoms with Crippen LogP contribution in [0.15, 0.2) is 60.7 Å². The predicted molar refractivity (Wildman–Crippen MR) is 118 cm³/mol. The number of hydrogen-bond donors (Lipinski definition) is 4. The fourth-order valence-electron chi connectivity index (χ4n) is 3.30. The molecule has 0 aliphatic carbocycles. The number of para-hydroxylation sites is 1. The molecule has 4 N–H and O–H groups in total. The zero-order valence-electron chi connectivity index (χ0n) is 17.9. The van der Waals surface area contributed by atoms with Crippen molar-refractivity contribution in [2.24, 2.45) is 5.92 Å². The van der Waals surface area contributed by atoms with Crippen LogP contribution in [0.1, 0.15) is 31.2 Å². The van der Waals surface area contributed by atoms with E-state index in [0.29, 0.717) is 13.0 Å². The number of ketones is 1. The highest BCUT2D eigenvalue weighted by Crippen LogP contribution is 2.14. The first-order valence-electron chi connectivity index (χ1n) is 10.7. The number of unbranched alkanes of at least 4 members (excludes halogenated alkanes) is 2. The van der Waals surface area contributed by atoms with Crippen LogP contribution >= 0.6 is 0 Å². The lowest BCUT2D eigenvalue weighted by molar-refractivity contribution is -0.144. The summed E-state index contributed by atoms with van der Waals surface area (Å²) < 4.78 is 5.63. The summed E-state index contributed by atoms with van der Waals surface area (Å²) in [5, 5.41) is 20.9. The number of Topliss-reactive ketones (excluding diaryl/α,β-unsaturated/α-hetero) is 1. The summed E-state index contributed by atoms with van der Waals surface area (Å²) in [6.07, 6.45) is 2.45. The molecule has 0 aliphatic rings. The largest absolute Gasteiger partial charge is 0.494 e. The number of carbonyl (C=O) groups excluding carboxylic acids is 2. The van der Waals surface area contributed by atoms with E-state index in [9.17, 15) is 19.5 Å². The third kappa shape index (κ3) is 8.87. The van der Waals surface area contributed by atoms with Gasteiger partial charge in [0.2, 0.25) is 5.91 Å². The molecule has 0 spiro atoms. The van der Waals surface area contributed by atoms with Crippen LogP contribution in [0.3, 0.4) is 0 Å². The second-order valence-electron chi connectivity index (χ2n) is 7.45. The van der Waals surface area contributed by atoms with Crippen molar-refractivity contribution < 1.29 is 29.4 Å². The molecule has 0 bridgehead atoms. The average Bonchev–Trinajstić information content (AvgIpc) is 2.79. The van der Waals surface area contributed by atoms with Crippen molar-refractivity contribution in [3.05, 3.63) is 66.2 Å². The maximum atomic E-state index is 12.7. The van der Waals surface area contributed by atoms with Gasteiger partial charge in [-0.2, -0.15) is 5.48 Å². The van der Waals surface area contributed by atoms with Gasteiger partial charge in [0.15, 0.2) is 5.78 Å². The molecule has 0 aromatic heterocycles. The van der Waals surface area contributed by atoms with Crippen LogP contribution in [-0.2, 0) is 20.8 Å². The number of rotatable bonds is 15. The van der Waals surface area contributed by atoms with Gasteiger partial charge in [-0.1, -0.05) is 61.4 Å². The van der Waals surface area contributed by atoms with Gasteiger partial charge in [-0.25, -0.2) is 4.79 Å². The lowest BCUT2D eigenvalue weighted by atomic mass is 9.94. The molecule has 1 unspecified atom stereocenters. The van der Waals surface area contributed by atoms with Crippen molar-refractivity contribution in [2.45, 2.75) is 38.1 Å². The molecule has 0 saturated carbocycles. The van der Waals surface area contributed by atoms with Gasteiger partial charge in [0.05, 0.1) is 19.1 Å². The van der Waals surface area contributed by atoms with Crippen LogP contribution < -0.4 is 15.5 Å². The van der Waals surface area contributed by atoms with Crippen LogP contribution in [-0.4, -0.2) is 47.2 Å². The molecule has 2 rings (SSSR count). The maximum Gasteiger partial charge on any atom is 0.326 e. The van der Waals surface area contributed by atoms with E-state index in [-0.39, 0.29) is 19.4 Å². The van der Waals surface area contributed by atoms with Crippen molar-refractivity contribution in [3.8, 4) is 5.75 Å². The number of amides is 1. The molecule has 8 nitrogen and oxygen atoms in total. The first-order valence-corrected chi connectivity index (χ1v) is 10.7. The smallest absolute Gasteiger partial charge is 0.326 e. The van der Waals surface area contributed by atoms with Crippen molar-refractivity contribution in [1.29, 1.82) is 0 Å². The molecule has 0 saturated heterocycles. The number of benzene rings is 2. The normalized spacial score (nSPS) is 12.5. The minimum atomic E-state index is -1.17. The van der Waals surface area contributed by atoms with Gasteiger partial charge in [-0.15, -0.1) is 0 Å². The van der Waals surface area contributed by atoms with Crippen LogP contribution in [0.4, 0.5) is 0 Å². The van der Waals surface area contributed by atoms with Gasteiger partial charge < -0.3 is 20.4 Å². The number of carboxylic acid groups (broad SMARTS) is 1. The van der Waals surface area contributed by atoms with Crippen molar-refractivity contribution in [2.75, 3.05) is 13.2 Å². The topological polar surface area (TPSA) is 125 Å². The van der Waals surface area contributed by atoms with Crippen molar-refractivity contribution in [1.82, 2.24) is 10.8 Å². The molecular weight excluding hydrogens is 412 g/mol. The monoisotopic (exact) mass is 442 g/mol. The second-order valence-corrected chi connectivity index (χ2v) is 7.45. The lowest BCUT2D eigenvalue weighted by Gasteiger charge is -2.20. The number of nitrogens with one attached hydrogen (secondary N) is 2. The molecule has 0 heterocycles. The van der Waals surface area contributed by atoms with Crippen molar-refractivity contribution >= 4 is 17.7 Å². The highest BCUT2D eigenvalue weighted by atomic mass is 16.5. The Hall–Kier alpha value is -3.23. The number of carbonyl (C=O) groups is 3. The molecule has 0 radical (unpaired) electrons. The fraction of sp³-hybridized carbons (Fsp3) is 0.375. The van der Waals surface area contributed by atoms with Gasteiger partial charge in [-0.3, -0.25) is 9.59 Å². The molecule has 172 valence electrons. The van der Waals surface area contributed by atoms with Gasteiger partial charge >= 0.3 is 5.97 Å². The quantitative estimate of drug-likeness (QED) is 0.190. The van der Waals surface area contributed by atoms with E-state index in [1.54, 1.807) is 29.7 Å².